The van der Waals surface area contributed by atoms with Crippen molar-refractivity contribution in [1.82, 2.24) is 0 Å². The monoisotopic (exact) mass is 422 g/mol. The molecule has 1 aliphatic heterocycles. The average Bonchev–Trinajstić information content (AvgIpc) is 2.95. The van der Waals surface area contributed by atoms with E-state index in [2.05, 4.69) is 9.73 Å². The highest BCUT2D eigenvalue weighted by Crippen LogP contribution is 2.40. The first-order valence-electron chi connectivity index (χ1n) is 8.27. The molecule has 29 heavy (non-hydrogen) atoms. The lowest BCUT2D eigenvalue weighted by Crippen LogP contribution is -2.19. The molecular formula is C18H18N2O8S. The van der Waals surface area contributed by atoms with Gasteiger partial charge in [0.05, 0.1) is 30.6 Å². The lowest BCUT2D eigenvalue weighted by molar-refractivity contribution is -0.140. The largest absolute Gasteiger partial charge is 0.493 e. The van der Waals surface area contributed by atoms with Crippen LogP contribution in [0.3, 0.4) is 0 Å². The minimum absolute atomic E-state index is 0.00768. The molecule has 1 heterocycles. The molecule has 0 radical (unpaired) electrons. The summed E-state index contributed by atoms with van der Waals surface area (Å²) < 4.78 is 45.1. The molecule has 0 fully saturated rings. The Morgan fingerprint density at radius 3 is 2.38 bits per heavy atom. The number of aliphatic imine (C=N–C) groups is 1. The van der Waals surface area contributed by atoms with Gasteiger partial charge in [0.25, 0.3) is 0 Å². The van der Waals surface area contributed by atoms with Crippen LogP contribution >= 0.6 is 0 Å². The molecule has 0 saturated heterocycles. The summed E-state index contributed by atoms with van der Waals surface area (Å²) in [5.74, 6) is -1.27. The maximum absolute atomic E-state index is 12.7. The minimum atomic E-state index is -3.87. The predicted molar refractivity (Wildman–Crippen MR) is 100 cm³/mol. The van der Waals surface area contributed by atoms with Gasteiger partial charge >= 0.3 is 11.9 Å². The summed E-state index contributed by atoms with van der Waals surface area (Å²) >= 11 is 0. The fourth-order valence-corrected chi connectivity index (χ4v) is 3.89. The van der Waals surface area contributed by atoms with Crippen molar-refractivity contribution in [3.63, 3.8) is 0 Å². The summed E-state index contributed by atoms with van der Waals surface area (Å²) in [7, 11) is -1.06. The van der Waals surface area contributed by atoms with Crippen LogP contribution in [0.25, 0.3) is 6.08 Å². The van der Waals surface area contributed by atoms with Crippen molar-refractivity contribution >= 4 is 33.6 Å². The zero-order chi connectivity index (χ0) is 21.6. The van der Waals surface area contributed by atoms with Crippen LogP contribution in [0.15, 0.2) is 26.9 Å². The maximum atomic E-state index is 12.7. The topological polar surface area (TPSA) is 141 Å². The Morgan fingerprint density at radius 1 is 1.14 bits per heavy atom. The fourth-order valence-electron chi connectivity index (χ4n) is 2.42. The highest BCUT2D eigenvalue weighted by Gasteiger charge is 2.32. The zero-order valence-corrected chi connectivity index (χ0v) is 16.7. The molecule has 0 N–H and O–H groups in total. The van der Waals surface area contributed by atoms with Crippen LogP contribution in [0.2, 0.25) is 0 Å². The van der Waals surface area contributed by atoms with E-state index < -0.39 is 40.6 Å². The summed E-state index contributed by atoms with van der Waals surface area (Å²) in [5.41, 5.74) is -0.205. The molecule has 0 bridgehead atoms. The Hall–Kier alpha value is -3.39. The standard InChI is InChI=1S/C18H18N2O8S/c1-4-27-18(22)13(8-19)20-9-17(21)28-10-12-5-11-6-14(25-2)15(26-3)7-16(11)29(12,23)24/h5-7H,4,9-10H2,1-3H3/b20-13+. The van der Waals surface area contributed by atoms with Crippen LogP contribution < -0.4 is 9.47 Å². The predicted octanol–water partition coefficient (Wildman–Crippen LogP) is 0.903. The van der Waals surface area contributed by atoms with Gasteiger partial charge in [0, 0.05) is 6.07 Å². The van der Waals surface area contributed by atoms with E-state index in [9.17, 15) is 18.0 Å². The van der Waals surface area contributed by atoms with Crippen LogP contribution in [-0.2, 0) is 28.9 Å². The smallest absolute Gasteiger partial charge is 0.367 e. The quantitative estimate of drug-likeness (QED) is 0.441. The minimum Gasteiger partial charge on any atom is -0.493 e. The number of carbonyl (C=O) groups is 2. The number of ether oxygens (including phenoxy) is 4. The Labute approximate surface area is 167 Å². The van der Waals surface area contributed by atoms with Gasteiger partial charge in [-0.2, -0.15) is 5.26 Å². The van der Waals surface area contributed by atoms with Gasteiger partial charge in [0.2, 0.25) is 15.5 Å². The number of methoxy groups -OCH3 is 2. The molecular weight excluding hydrogens is 404 g/mol. The lowest BCUT2D eigenvalue weighted by Gasteiger charge is -2.10. The van der Waals surface area contributed by atoms with Crippen molar-refractivity contribution in [1.29, 1.82) is 5.26 Å². The summed E-state index contributed by atoms with van der Waals surface area (Å²) in [5, 5.41) is 8.85. The summed E-state index contributed by atoms with van der Waals surface area (Å²) in [4.78, 5) is 26.7. The van der Waals surface area contributed by atoms with Gasteiger partial charge < -0.3 is 18.9 Å². The van der Waals surface area contributed by atoms with E-state index in [1.54, 1.807) is 6.92 Å². The van der Waals surface area contributed by atoms with Crippen molar-refractivity contribution in [2.24, 2.45) is 4.99 Å². The number of hydrogen-bond acceptors (Lipinski definition) is 10. The second-order valence-electron chi connectivity index (χ2n) is 5.52. The molecule has 0 aromatic heterocycles. The van der Waals surface area contributed by atoms with E-state index in [-0.39, 0.29) is 22.2 Å². The van der Waals surface area contributed by atoms with Gasteiger partial charge in [-0.3, -0.25) is 9.79 Å². The molecule has 0 aliphatic carbocycles. The molecule has 0 spiro atoms. The molecule has 154 valence electrons. The summed E-state index contributed by atoms with van der Waals surface area (Å²) in [6, 6.07) is 4.36. The zero-order valence-electron chi connectivity index (χ0n) is 15.9. The van der Waals surface area contributed by atoms with Crippen LogP contribution in [0.1, 0.15) is 12.5 Å². The summed E-state index contributed by atoms with van der Waals surface area (Å²) in [6.45, 7) is 0.438. The van der Waals surface area contributed by atoms with Crippen molar-refractivity contribution in [3.8, 4) is 17.6 Å². The van der Waals surface area contributed by atoms with Crippen molar-refractivity contribution in [3.05, 3.63) is 22.6 Å². The third-order valence-corrected chi connectivity index (χ3v) is 5.64. The van der Waals surface area contributed by atoms with Crippen molar-refractivity contribution in [2.45, 2.75) is 11.8 Å². The van der Waals surface area contributed by atoms with Gasteiger partial charge in [-0.05, 0) is 24.6 Å². The van der Waals surface area contributed by atoms with Gasteiger partial charge in [-0.1, -0.05) is 0 Å². The molecule has 0 saturated carbocycles. The van der Waals surface area contributed by atoms with Crippen LogP contribution in [0.4, 0.5) is 0 Å². The number of nitrogens with zero attached hydrogens (tertiary/aromatic N) is 2. The first-order valence-corrected chi connectivity index (χ1v) is 9.75. The molecule has 11 heteroatoms. The van der Waals surface area contributed by atoms with E-state index in [0.717, 1.165) is 0 Å². The number of hydrogen-bond donors (Lipinski definition) is 0. The highest BCUT2D eigenvalue weighted by atomic mass is 32.2. The maximum Gasteiger partial charge on any atom is 0.367 e. The molecule has 2 rings (SSSR count). The van der Waals surface area contributed by atoms with Gasteiger partial charge in [0.15, 0.2) is 11.5 Å². The molecule has 10 nitrogen and oxygen atoms in total. The van der Waals surface area contributed by atoms with E-state index in [0.29, 0.717) is 11.3 Å². The SMILES string of the molecule is CCOC(=O)/C(C#N)=N/CC(=O)OCC1=Cc2cc(OC)c(OC)cc2S1(=O)=O. The molecule has 1 aromatic rings. The van der Waals surface area contributed by atoms with E-state index in [1.165, 1.54) is 38.5 Å². The van der Waals surface area contributed by atoms with Gasteiger partial charge in [0.1, 0.15) is 19.2 Å². The third kappa shape index (κ3) is 4.72. The summed E-state index contributed by atoms with van der Waals surface area (Å²) in [6.07, 6.45) is 1.36. The molecule has 1 aromatic carbocycles. The third-order valence-electron chi connectivity index (χ3n) is 3.78. The van der Waals surface area contributed by atoms with E-state index in [4.69, 9.17) is 19.5 Å². The van der Waals surface area contributed by atoms with Gasteiger partial charge in [-0.15, -0.1) is 0 Å². The Bertz CT molecular complexity index is 1030. The van der Waals surface area contributed by atoms with Crippen LogP contribution in [-0.4, -0.2) is 60.0 Å². The molecule has 0 unspecified atom stereocenters. The number of esters is 2. The Balaban J connectivity index is 2.10. The second kappa shape index (κ2) is 9.20. The lowest BCUT2D eigenvalue weighted by atomic mass is 10.2. The number of rotatable bonds is 8. The highest BCUT2D eigenvalue weighted by molar-refractivity contribution is 7.95. The average molecular weight is 422 g/mol. The van der Waals surface area contributed by atoms with Crippen LogP contribution in [0, 0.1) is 11.3 Å². The molecule has 1 aliphatic rings. The first-order chi connectivity index (χ1) is 13.8. The number of benzene rings is 1. The Morgan fingerprint density at radius 2 is 1.79 bits per heavy atom. The van der Waals surface area contributed by atoms with Gasteiger partial charge in [-0.25, -0.2) is 13.2 Å². The van der Waals surface area contributed by atoms with E-state index in [1.807, 2.05) is 0 Å². The number of sulfone groups is 1. The van der Waals surface area contributed by atoms with Crippen molar-refractivity contribution < 1.29 is 37.0 Å². The number of fused-ring (bicyclic) bond motifs is 1. The number of nitriles is 1. The number of carbonyl (C=O) groups excluding carboxylic acids is 2. The van der Waals surface area contributed by atoms with E-state index >= 15 is 0 Å². The first kappa shape index (κ1) is 21.9. The normalized spacial score (nSPS) is 14.3. The second-order valence-corrected chi connectivity index (χ2v) is 7.49. The van der Waals surface area contributed by atoms with Crippen molar-refractivity contribution in [2.75, 3.05) is 34.0 Å². The fraction of sp³-hybridized carbons (Fsp3) is 0.333. The Kier molecular flexibility index (Phi) is 6.95. The van der Waals surface area contributed by atoms with Crippen LogP contribution in [0.5, 0.6) is 11.5 Å². The molecule has 0 atom stereocenters. The molecule has 0 amide bonds.